The molecule has 0 saturated carbocycles. The van der Waals surface area contributed by atoms with Gasteiger partial charge in [-0.25, -0.2) is 8.42 Å². The molecule has 8 heteroatoms. The number of carbonyl (C=O) groups is 2. The molecule has 0 saturated heterocycles. The molecule has 0 spiro atoms. The smallest absolute Gasteiger partial charge is 0.748 e. The second-order valence-electron chi connectivity index (χ2n) is 2.81. The van der Waals surface area contributed by atoms with E-state index in [4.69, 9.17) is 0 Å². The Morgan fingerprint density at radius 1 is 1.27 bits per heavy atom. The maximum atomic E-state index is 10.9. The van der Waals surface area contributed by atoms with Gasteiger partial charge in [-0.2, -0.15) is 0 Å². The van der Waals surface area contributed by atoms with Crippen LogP contribution in [-0.4, -0.2) is 37.0 Å². The standard InChI is InChI=1S/C7H13NO5S.Na/c1-6(9)2-3-7(10)8-4-5-14(11,12)13;/h2-5H2,1H3,(H,8,10)(H,11,12,13);/q;+1/p-1. The Kier molecular flexibility index (Phi) is 9.57. The van der Waals surface area contributed by atoms with Crippen molar-refractivity contribution in [3.63, 3.8) is 0 Å². The van der Waals surface area contributed by atoms with Gasteiger partial charge in [0.05, 0.1) is 15.9 Å². The summed E-state index contributed by atoms with van der Waals surface area (Å²) in [6.45, 7) is 1.15. The number of ketones is 1. The molecular formula is C7H12NNaO5S. The molecule has 82 valence electrons. The van der Waals surface area contributed by atoms with Crippen molar-refractivity contribution < 1.29 is 52.1 Å². The van der Waals surface area contributed by atoms with Crippen molar-refractivity contribution in [1.29, 1.82) is 0 Å². The summed E-state index contributed by atoms with van der Waals surface area (Å²) in [4.78, 5) is 21.3. The van der Waals surface area contributed by atoms with E-state index < -0.39 is 21.8 Å². The summed E-state index contributed by atoms with van der Waals surface area (Å²) in [5.41, 5.74) is 0. The molecule has 0 aliphatic heterocycles. The molecule has 0 aliphatic carbocycles. The van der Waals surface area contributed by atoms with E-state index >= 15 is 0 Å². The summed E-state index contributed by atoms with van der Waals surface area (Å²) in [6.07, 6.45) is 0.143. The summed E-state index contributed by atoms with van der Waals surface area (Å²) in [7, 11) is -4.28. The number of hydrogen-bond donors (Lipinski definition) is 1. The zero-order chi connectivity index (χ0) is 11.2. The quantitative estimate of drug-likeness (QED) is 0.379. The van der Waals surface area contributed by atoms with Crippen molar-refractivity contribution >= 4 is 21.8 Å². The fourth-order valence-electron chi connectivity index (χ4n) is 0.693. The Morgan fingerprint density at radius 3 is 2.20 bits per heavy atom. The predicted octanol–water partition coefficient (Wildman–Crippen LogP) is -3.98. The first kappa shape index (κ1) is 17.4. The van der Waals surface area contributed by atoms with E-state index in [1.807, 2.05) is 0 Å². The van der Waals surface area contributed by atoms with Crippen LogP contribution in [0, 0.1) is 0 Å². The summed E-state index contributed by atoms with van der Waals surface area (Å²) in [6, 6.07) is 0. The van der Waals surface area contributed by atoms with Crippen molar-refractivity contribution in [3.05, 3.63) is 0 Å². The fourth-order valence-corrected chi connectivity index (χ4v) is 1.05. The van der Waals surface area contributed by atoms with Crippen molar-refractivity contribution in [2.24, 2.45) is 0 Å². The minimum Gasteiger partial charge on any atom is -0.748 e. The second-order valence-corrected chi connectivity index (χ2v) is 4.34. The molecule has 0 radical (unpaired) electrons. The van der Waals surface area contributed by atoms with Gasteiger partial charge in [-0.15, -0.1) is 0 Å². The zero-order valence-electron chi connectivity index (χ0n) is 8.78. The molecule has 0 aromatic rings. The predicted molar refractivity (Wildman–Crippen MR) is 47.5 cm³/mol. The Hall–Kier alpha value is 0.0500. The van der Waals surface area contributed by atoms with Gasteiger partial charge in [-0.3, -0.25) is 4.79 Å². The van der Waals surface area contributed by atoms with Gasteiger partial charge in [-0.05, 0) is 6.92 Å². The minimum atomic E-state index is -4.28. The van der Waals surface area contributed by atoms with Gasteiger partial charge in [0.15, 0.2) is 0 Å². The average molecular weight is 245 g/mol. The van der Waals surface area contributed by atoms with Gasteiger partial charge in [0, 0.05) is 19.4 Å². The van der Waals surface area contributed by atoms with Crippen LogP contribution >= 0.6 is 0 Å². The number of carbonyl (C=O) groups excluding carboxylic acids is 2. The molecule has 0 fully saturated rings. The molecule has 15 heavy (non-hydrogen) atoms. The number of rotatable bonds is 6. The Bertz CT molecular complexity index is 313. The summed E-state index contributed by atoms with van der Waals surface area (Å²) >= 11 is 0. The molecule has 0 heterocycles. The van der Waals surface area contributed by atoms with Crippen LogP contribution in [0.4, 0.5) is 0 Å². The molecule has 0 aromatic heterocycles. The monoisotopic (exact) mass is 245 g/mol. The van der Waals surface area contributed by atoms with Crippen molar-refractivity contribution in [3.8, 4) is 0 Å². The normalized spacial score (nSPS) is 10.3. The summed E-state index contributed by atoms with van der Waals surface area (Å²) in [5.74, 6) is -1.17. The SMILES string of the molecule is CC(=O)CCC(=O)NCCS(=O)(=O)[O-].[Na+]. The third-order valence-electron chi connectivity index (χ3n) is 1.38. The second kappa shape index (κ2) is 8.23. The fraction of sp³-hybridized carbons (Fsp3) is 0.714. The molecule has 0 atom stereocenters. The van der Waals surface area contributed by atoms with Crippen LogP contribution in [0.15, 0.2) is 0 Å². The van der Waals surface area contributed by atoms with Crippen LogP contribution in [0.3, 0.4) is 0 Å². The molecular weight excluding hydrogens is 233 g/mol. The molecule has 1 amide bonds. The molecule has 0 aromatic carbocycles. The van der Waals surface area contributed by atoms with Crippen LogP contribution in [0.1, 0.15) is 19.8 Å². The molecule has 0 rings (SSSR count). The van der Waals surface area contributed by atoms with E-state index in [9.17, 15) is 22.6 Å². The molecule has 0 unspecified atom stereocenters. The number of hydrogen-bond acceptors (Lipinski definition) is 5. The van der Waals surface area contributed by atoms with E-state index in [2.05, 4.69) is 5.32 Å². The largest absolute Gasteiger partial charge is 1.00 e. The zero-order valence-corrected chi connectivity index (χ0v) is 11.6. The summed E-state index contributed by atoms with van der Waals surface area (Å²) in [5, 5.41) is 2.22. The third-order valence-corrected chi connectivity index (χ3v) is 2.08. The Labute approximate surface area is 111 Å². The first-order chi connectivity index (χ1) is 6.31. The summed E-state index contributed by atoms with van der Waals surface area (Å²) < 4.78 is 30.4. The van der Waals surface area contributed by atoms with E-state index in [-0.39, 0.29) is 54.7 Å². The van der Waals surface area contributed by atoms with E-state index in [0.717, 1.165) is 0 Å². The van der Waals surface area contributed by atoms with E-state index in [1.54, 1.807) is 0 Å². The molecule has 6 nitrogen and oxygen atoms in total. The molecule has 0 bridgehead atoms. The van der Waals surface area contributed by atoms with Gasteiger partial charge in [0.2, 0.25) is 5.91 Å². The Balaban J connectivity index is 0. The maximum Gasteiger partial charge on any atom is 1.00 e. The molecule has 0 aliphatic rings. The number of nitrogens with one attached hydrogen (secondary N) is 1. The van der Waals surface area contributed by atoms with Gasteiger partial charge < -0.3 is 14.7 Å². The van der Waals surface area contributed by atoms with Crippen LogP contribution in [-0.2, 0) is 19.7 Å². The van der Waals surface area contributed by atoms with Crippen molar-refractivity contribution in [2.45, 2.75) is 19.8 Å². The van der Waals surface area contributed by atoms with Crippen LogP contribution in [0.25, 0.3) is 0 Å². The Morgan fingerprint density at radius 2 is 1.80 bits per heavy atom. The van der Waals surface area contributed by atoms with Gasteiger partial charge in [0.1, 0.15) is 5.78 Å². The first-order valence-electron chi connectivity index (χ1n) is 4.01. The van der Waals surface area contributed by atoms with Crippen molar-refractivity contribution in [2.75, 3.05) is 12.3 Å². The van der Waals surface area contributed by atoms with E-state index in [1.165, 1.54) is 6.92 Å². The topological polar surface area (TPSA) is 103 Å². The van der Waals surface area contributed by atoms with Crippen LogP contribution in [0.5, 0.6) is 0 Å². The third kappa shape index (κ3) is 14.1. The van der Waals surface area contributed by atoms with E-state index in [0.29, 0.717) is 0 Å². The average Bonchev–Trinajstić information content (AvgIpc) is 1.98. The van der Waals surface area contributed by atoms with Gasteiger partial charge in [0.25, 0.3) is 0 Å². The maximum absolute atomic E-state index is 10.9. The number of Topliss-reactive ketones (excluding diaryl/α,β-unsaturated/α-hetero) is 1. The minimum absolute atomic E-state index is 0. The van der Waals surface area contributed by atoms with Gasteiger partial charge >= 0.3 is 29.6 Å². The first-order valence-corrected chi connectivity index (χ1v) is 5.58. The van der Waals surface area contributed by atoms with Crippen LogP contribution < -0.4 is 34.9 Å². The van der Waals surface area contributed by atoms with Gasteiger partial charge in [-0.1, -0.05) is 0 Å². The number of amides is 1. The van der Waals surface area contributed by atoms with Crippen molar-refractivity contribution in [1.82, 2.24) is 5.32 Å². The van der Waals surface area contributed by atoms with Crippen LogP contribution in [0.2, 0.25) is 0 Å². The molecule has 1 N–H and O–H groups in total.